The highest BCUT2D eigenvalue weighted by Gasteiger charge is 2.21. The van der Waals surface area contributed by atoms with Crippen molar-refractivity contribution in [3.63, 3.8) is 0 Å². The van der Waals surface area contributed by atoms with E-state index in [-0.39, 0.29) is 0 Å². The third kappa shape index (κ3) is 5.89. The van der Waals surface area contributed by atoms with E-state index >= 15 is 0 Å². The second-order valence-electron chi connectivity index (χ2n) is 9.68. The van der Waals surface area contributed by atoms with Crippen LogP contribution >= 0.6 is 0 Å². The van der Waals surface area contributed by atoms with Gasteiger partial charge in [0.25, 0.3) is 0 Å². The van der Waals surface area contributed by atoms with E-state index in [9.17, 15) is 0 Å². The number of hydrogen-bond donors (Lipinski definition) is 0. The van der Waals surface area contributed by atoms with Gasteiger partial charge < -0.3 is 19.4 Å². The largest absolute Gasteiger partial charge is 0.378 e. The Hall–Kier alpha value is -4.11. The summed E-state index contributed by atoms with van der Waals surface area (Å²) in [5.74, 6) is 2.30. The number of rotatable bonds is 7. The van der Waals surface area contributed by atoms with Gasteiger partial charge in [0.05, 0.1) is 13.2 Å². The average molecular weight is 509 g/mol. The van der Waals surface area contributed by atoms with E-state index in [0.717, 1.165) is 82.2 Å². The van der Waals surface area contributed by atoms with E-state index in [1.54, 1.807) is 6.33 Å². The molecule has 0 amide bonds. The number of hydrogen-bond acceptors (Lipinski definition) is 9. The highest BCUT2D eigenvalue weighted by Crippen LogP contribution is 2.20. The second-order valence-corrected chi connectivity index (χ2v) is 9.68. The molecule has 0 unspecified atom stereocenters. The minimum Gasteiger partial charge on any atom is -0.378 e. The molecule has 2 aliphatic rings. The van der Waals surface area contributed by atoms with Crippen LogP contribution in [0.4, 0.5) is 17.6 Å². The Labute approximate surface area is 223 Å². The summed E-state index contributed by atoms with van der Waals surface area (Å²) < 4.78 is 5.49. The Bertz CT molecular complexity index is 1320. The first-order chi connectivity index (χ1) is 18.8. The van der Waals surface area contributed by atoms with Crippen LogP contribution in [-0.4, -0.2) is 77.4 Å². The monoisotopic (exact) mass is 508 g/mol. The molecule has 2 saturated heterocycles. The van der Waals surface area contributed by atoms with Gasteiger partial charge in [-0.3, -0.25) is 0 Å². The molecule has 9 heteroatoms. The quantitative estimate of drug-likeness (QED) is 0.374. The minimum atomic E-state index is 0.677. The first-order valence-electron chi connectivity index (χ1n) is 13.2. The van der Waals surface area contributed by atoms with Gasteiger partial charge >= 0.3 is 0 Å². The van der Waals surface area contributed by atoms with Gasteiger partial charge in [-0.25, -0.2) is 19.9 Å². The molecular formula is C29H32N8O. The van der Waals surface area contributed by atoms with Crippen LogP contribution < -0.4 is 14.7 Å². The van der Waals surface area contributed by atoms with Gasteiger partial charge in [-0.15, -0.1) is 0 Å². The third-order valence-electron chi connectivity index (χ3n) is 7.05. The van der Waals surface area contributed by atoms with E-state index in [0.29, 0.717) is 6.42 Å². The van der Waals surface area contributed by atoms with Crippen LogP contribution in [-0.2, 0) is 17.6 Å². The fourth-order valence-electron chi connectivity index (χ4n) is 4.97. The lowest BCUT2D eigenvalue weighted by Gasteiger charge is -2.34. The van der Waals surface area contributed by atoms with Crippen LogP contribution in [0.3, 0.4) is 0 Å². The molecule has 0 bridgehead atoms. The first kappa shape index (κ1) is 24.2. The molecule has 0 saturated carbocycles. The maximum absolute atomic E-state index is 5.49. The molecule has 4 aromatic rings. The number of piperazine rings is 1. The van der Waals surface area contributed by atoms with Gasteiger partial charge in [-0.1, -0.05) is 42.5 Å². The van der Waals surface area contributed by atoms with Gasteiger partial charge in [0.2, 0.25) is 11.9 Å². The molecule has 0 N–H and O–H groups in total. The summed E-state index contributed by atoms with van der Waals surface area (Å²) in [6.07, 6.45) is 7.03. The van der Waals surface area contributed by atoms with Gasteiger partial charge in [0.15, 0.2) is 0 Å². The number of nitrogens with zero attached hydrogens (tertiary/aromatic N) is 8. The van der Waals surface area contributed by atoms with Crippen molar-refractivity contribution in [3.05, 3.63) is 95.8 Å². The molecule has 2 fully saturated rings. The zero-order valence-corrected chi connectivity index (χ0v) is 21.5. The third-order valence-corrected chi connectivity index (χ3v) is 7.05. The molecule has 0 radical (unpaired) electrons. The maximum atomic E-state index is 5.49. The lowest BCUT2D eigenvalue weighted by atomic mass is 10.1. The SMILES string of the molecule is c1ccc(Cc2cnc(N3CCN(c4ncnc(Cc5cccc(N6CCOCC6)c5)n4)CC3)nc2)cc1. The maximum Gasteiger partial charge on any atom is 0.228 e. The van der Waals surface area contributed by atoms with E-state index in [1.807, 2.05) is 18.5 Å². The van der Waals surface area contributed by atoms with Crippen LogP contribution in [0.2, 0.25) is 0 Å². The summed E-state index contributed by atoms with van der Waals surface area (Å²) in [6.45, 7) is 6.67. The number of ether oxygens (including phenoxy) is 1. The zero-order chi connectivity index (χ0) is 25.6. The van der Waals surface area contributed by atoms with Crippen LogP contribution in [0.15, 0.2) is 73.3 Å². The molecule has 9 nitrogen and oxygen atoms in total. The molecule has 2 aromatic heterocycles. The number of benzene rings is 2. The van der Waals surface area contributed by atoms with Crippen LogP contribution in [0.25, 0.3) is 0 Å². The highest BCUT2D eigenvalue weighted by atomic mass is 16.5. The summed E-state index contributed by atoms with van der Waals surface area (Å²) >= 11 is 0. The topological polar surface area (TPSA) is 83.4 Å². The molecule has 4 heterocycles. The number of morpholine rings is 1. The standard InChI is InChI=1S/C29H32N8O/c1-2-5-23(6-3-1)17-25-20-30-28(31-21-25)36-9-11-37(12-10-36)29-33-22-32-27(34-29)19-24-7-4-8-26(18-24)35-13-15-38-16-14-35/h1-8,18,20-22H,9-17,19H2. The molecule has 2 aromatic carbocycles. The number of aromatic nitrogens is 5. The first-order valence-corrected chi connectivity index (χ1v) is 13.2. The Morgan fingerprint density at radius 1 is 0.605 bits per heavy atom. The van der Waals surface area contributed by atoms with Crippen molar-refractivity contribution in [3.8, 4) is 0 Å². The minimum absolute atomic E-state index is 0.677. The molecule has 0 aliphatic carbocycles. The molecule has 0 spiro atoms. The van der Waals surface area contributed by atoms with E-state index in [2.05, 4.69) is 83.2 Å². The Balaban J connectivity index is 1.05. The lowest BCUT2D eigenvalue weighted by Crippen LogP contribution is -2.47. The fraction of sp³-hybridized carbons (Fsp3) is 0.345. The molecule has 38 heavy (non-hydrogen) atoms. The van der Waals surface area contributed by atoms with Crippen molar-refractivity contribution in [1.82, 2.24) is 24.9 Å². The van der Waals surface area contributed by atoms with Gasteiger partial charge in [0.1, 0.15) is 12.2 Å². The van der Waals surface area contributed by atoms with Crippen LogP contribution in [0.1, 0.15) is 22.5 Å². The van der Waals surface area contributed by atoms with Crippen molar-refractivity contribution in [2.45, 2.75) is 12.8 Å². The summed E-state index contributed by atoms with van der Waals surface area (Å²) in [6, 6.07) is 19.0. The summed E-state index contributed by atoms with van der Waals surface area (Å²) in [4.78, 5) is 29.8. The summed E-state index contributed by atoms with van der Waals surface area (Å²) in [5.41, 5.74) is 4.81. The van der Waals surface area contributed by atoms with Crippen molar-refractivity contribution in [2.24, 2.45) is 0 Å². The normalized spacial score (nSPS) is 16.1. The number of anilines is 3. The molecule has 2 aliphatic heterocycles. The van der Waals surface area contributed by atoms with E-state index < -0.39 is 0 Å². The average Bonchev–Trinajstić information content (AvgIpc) is 2.99. The zero-order valence-electron chi connectivity index (χ0n) is 21.5. The van der Waals surface area contributed by atoms with Crippen LogP contribution in [0, 0.1) is 0 Å². The van der Waals surface area contributed by atoms with Crippen LogP contribution in [0.5, 0.6) is 0 Å². The predicted octanol–water partition coefficient (Wildman–Crippen LogP) is 3.01. The Kier molecular flexibility index (Phi) is 7.35. The van der Waals surface area contributed by atoms with Crippen molar-refractivity contribution < 1.29 is 4.74 Å². The Morgan fingerprint density at radius 3 is 2.08 bits per heavy atom. The summed E-state index contributed by atoms with van der Waals surface area (Å²) in [5, 5.41) is 0. The molecule has 194 valence electrons. The predicted molar refractivity (Wildman–Crippen MR) is 148 cm³/mol. The Morgan fingerprint density at radius 2 is 1.32 bits per heavy atom. The molecule has 0 atom stereocenters. The van der Waals surface area contributed by atoms with Gasteiger partial charge in [-0.2, -0.15) is 4.98 Å². The summed E-state index contributed by atoms with van der Waals surface area (Å²) in [7, 11) is 0. The highest BCUT2D eigenvalue weighted by molar-refractivity contribution is 5.49. The lowest BCUT2D eigenvalue weighted by molar-refractivity contribution is 0.122. The van der Waals surface area contributed by atoms with Crippen molar-refractivity contribution in [2.75, 3.05) is 67.2 Å². The van der Waals surface area contributed by atoms with E-state index in [4.69, 9.17) is 9.72 Å². The van der Waals surface area contributed by atoms with Gasteiger partial charge in [-0.05, 0) is 28.8 Å². The van der Waals surface area contributed by atoms with E-state index in [1.165, 1.54) is 16.8 Å². The van der Waals surface area contributed by atoms with Crippen molar-refractivity contribution in [1.29, 1.82) is 0 Å². The smallest absolute Gasteiger partial charge is 0.228 e. The van der Waals surface area contributed by atoms with Gasteiger partial charge in [0, 0.05) is 70.2 Å². The van der Waals surface area contributed by atoms with Crippen molar-refractivity contribution >= 4 is 17.6 Å². The molecule has 6 rings (SSSR count). The molecular weight excluding hydrogens is 476 g/mol. The fourth-order valence-corrected chi connectivity index (χ4v) is 4.97. The second kappa shape index (κ2) is 11.5.